The third kappa shape index (κ3) is 2.82. The zero-order valence-electron chi connectivity index (χ0n) is 6.90. The molecule has 3 nitrogen and oxygen atoms in total. The van der Waals surface area contributed by atoms with E-state index >= 15 is 0 Å². The molecule has 0 aromatic heterocycles. The minimum atomic E-state index is 0. The van der Waals surface area contributed by atoms with Crippen LogP contribution >= 0.6 is 0 Å². The summed E-state index contributed by atoms with van der Waals surface area (Å²) in [6.45, 7) is 2.77. The average Bonchev–Trinajstić information content (AvgIpc) is 1.99. The van der Waals surface area contributed by atoms with Crippen molar-refractivity contribution in [3.63, 3.8) is 0 Å². The molecule has 0 aliphatic rings. The van der Waals surface area contributed by atoms with Crippen molar-refractivity contribution in [2.24, 2.45) is 5.92 Å². The highest BCUT2D eigenvalue weighted by atomic mass is 16.1. The molecule has 0 saturated heterocycles. The third-order valence-electron chi connectivity index (χ3n) is 1.56. The predicted molar refractivity (Wildman–Crippen MR) is 46.0 cm³/mol. The van der Waals surface area contributed by atoms with Crippen LogP contribution in [0.2, 0.25) is 0 Å². The van der Waals surface area contributed by atoms with Crippen LogP contribution in [0.4, 0.5) is 0 Å². The molecule has 0 aromatic rings. The van der Waals surface area contributed by atoms with Gasteiger partial charge in [-0.25, -0.2) is 0 Å². The van der Waals surface area contributed by atoms with Gasteiger partial charge in [0.2, 0.25) is 5.91 Å². The molecule has 0 aliphatic carbocycles. The number of carbonyl (C=O) groups is 1. The Morgan fingerprint density at radius 3 is 2.50 bits per heavy atom. The molecule has 0 rings (SSSR count). The van der Waals surface area contributed by atoms with E-state index in [1.807, 2.05) is 14.0 Å². The Balaban J connectivity index is -0.000000405. The molecular formula is C7H20N2O. The second-order valence-electron chi connectivity index (χ2n) is 2.28. The van der Waals surface area contributed by atoms with Crippen LogP contribution < -0.4 is 10.6 Å². The molecule has 64 valence electrons. The minimum Gasteiger partial charge on any atom is -0.359 e. The van der Waals surface area contributed by atoms with Crippen molar-refractivity contribution >= 4 is 5.91 Å². The summed E-state index contributed by atoms with van der Waals surface area (Å²) < 4.78 is 0. The maximum atomic E-state index is 11.0. The Hall–Kier alpha value is -0.570. The molecule has 0 heterocycles. The van der Waals surface area contributed by atoms with E-state index in [4.69, 9.17) is 0 Å². The van der Waals surface area contributed by atoms with Crippen LogP contribution in [0, 0.1) is 5.92 Å². The fourth-order valence-electron chi connectivity index (χ4n) is 0.873. The summed E-state index contributed by atoms with van der Waals surface area (Å²) in [6.07, 6.45) is 0.889. The predicted octanol–water partition coefficient (Wildman–Crippen LogP) is 0.470. The molecule has 1 amide bonds. The first-order valence-corrected chi connectivity index (χ1v) is 3.62. The van der Waals surface area contributed by atoms with Gasteiger partial charge >= 0.3 is 0 Å². The molecule has 0 aromatic carbocycles. The number of amides is 1. The molecule has 10 heavy (non-hydrogen) atoms. The highest BCUT2D eigenvalue weighted by molar-refractivity contribution is 5.78. The lowest BCUT2D eigenvalue weighted by atomic mass is 10.1. The highest BCUT2D eigenvalue weighted by Gasteiger charge is 2.12. The van der Waals surface area contributed by atoms with Crippen LogP contribution in [0.5, 0.6) is 0 Å². The van der Waals surface area contributed by atoms with Crippen LogP contribution in [0.15, 0.2) is 0 Å². The van der Waals surface area contributed by atoms with Crippen molar-refractivity contribution < 1.29 is 7.65 Å². The van der Waals surface area contributed by atoms with Crippen LogP contribution in [-0.2, 0) is 4.79 Å². The van der Waals surface area contributed by atoms with Crippen molar-refractivity contribution in [2.45, 2.75) is 13.3 Å². The summed E-state index contributed by atoms with van der Waals surface area (Å²) in [5.41, 5.74) is 0. The average molecular weight is 148 g/mol. The Morgan fingerprint density at radius 2 is 2.20 bits per heavy atom. The number of hydrogen-bond acceptors (Lipinski definition) is 2. The van der Waals surface area contributed by atoms with Crippen LogP contribution in [0.1, 0.15) is 16.2 Å². The lowest BCUT2D eigenvalue weighted by Gasteiger charge is -2.11. The lowest BCUT2D eigenvalue weighted by Crippen LogP contribution is -2.33. The smallest absolute Gasteiger partial charge is 0.224 e. The zero-order valence-corrected chi connectivity index (χ0v) is 6.90. The summed E-state index contributed by atoms with van der Waals surface area (Å²) in [4.78, 5) is 11.0. The summed E-state index contributed by atoms with van der Waals surface area (Å²) in [5.74, 6) is 0.242. The van der Waals surface area contributed by atoms with Gasteiger partial charge < -0.3 is 10.6 Å². The van der Waals surface area contributed by atoms with Gasteiger partial charge in [-0.1, -0.05) is 6.92 Å². The molecule has 0 fully saturated rings. The summed E-state index contributed by atoms with van der Waals surface area (Å²) in [5, 5.41) is 5.59. The normalized spacial score (nSPS) is 12.7. The number of hydrogen-bond donors (Lipinski definition) is 2. The van der Waals surface area contributed by atoms with Gasteiger partial charge in [-0.15, -0.1) is 0 Å². The Kier molecular flexibility index (Phi) is 4.94. The van der Waals surface area contributed by atoms with E-state index in [0.29, 0.717) is 0 Å². The van der Waals surface area contributed by atoms with Crippen molar-refractivity contribution in [2.75, 3.05) is 20.6 Å². The molecule has 3 heteroatoms. The van der Waals surface area contributed by atoms with Gasteiger partial charge in [-0.2, -0.15) is 0 Å². The first-order chi connectivity index (χ1) is 4.76. The van der Waals surface area contributed by atoms with Gasteiger partial charge in [-0.3, -0.25) is 4.79 Å². The Bertz CT molecular complexity index is 112. The van der Waals surface area contributed by atoms with E-state index in [9.17, 15) is 4.79 Å². The Labute approximate surface area is 65.2 Å². The number of rotatable bonds is 4. The first kappa shape index (κ1) is 9.43. The van der Waals surface area contributed by atoms with Crippen molar-refractivity contribution in [3.8, 4) is 0 Å². The van der Waals surface area contributed by atoms with Gasteiger partial charge in [0.25, 0.3) is 0 Å². The number of carbonyl (C=O) groups excluding carboxylic acids is 1. The zero-order chi connectivity index (χ0) is 7.98. The van der Waals surface area contributed by atoms with E-state index in [0.717, 1.165) is 13.0 Å². The second-order valence-corrected chi connectivity index (χ2v) is 2.28. The lowest BCUT2D eigenvalue weighted by molar-refractivity contribution is -0.124. The van der Waals surface area contributed by atoms with Gasteiger partial charge in [0.1, 0.15) is 0 Å². The van der Waals surface area contributed by atoms with E-state index in [1.54, 1.807) is 7.05 Å². The van der Waals surface area contributed by atoms with Crippen molar-refractivity contribution in [1.82, 2.24) is 10.6 Å². The largest absolute Gasteiger partial charge is 0.359 e. The molecule has 1 atom stereocenters. The van der Waals surface area contributed by atoms with E-state index in [1.165, 1.54) is 0 Å². The van der Waals surface area contributed by atoms with Gasteiger partial charge in [0, 0.05) is 16.4 Å². The highest BCUT2D eigenvalue weighted by Crippen LogP contribution is 1.99. The van der Waals surface area contributed by atoms with Crippen LogP contribution in [-0.4, -0.2) is 26.5 Å². The maximum absolute atomic E-state index is 11.0. The third-order valence-corrected chi connectivity index (χ3v) is 1.56. The fraction of sp³-hybridized carbons (Fsp3) is 0.857. The van der Waals surface area contributed by atoms with Gasteiger partial charge in [-0.05, 0) is 13.5 Å². The van der Waals surface area contributed by atoms with E-state index in [2.05, 4.69) is 10.6 Å². The van der Waals surface area contributed by atoms with Gasteiger partial charge in [0.15, 0.2) is 0 Å². The second kappa shape index (κ2) is 5.23. The molecule has 0 spiro atoms. The molecule has 1 unspecified atom stereocenters. The molecule has 0 saturated carbocycles. The topological polar surface area (TPSA) is 41.1 Å². The van der Waals surface area contributed by atoms with Gasteiger partial charge in [0.05, 0.1) is 5.92 Å². The SMILES string of the molecule is CCC(CNC)C(=O)NC.[HH].[HH]. The summed E-state index contributed by atoms with van der Waals surface area (Å²) in [6, 6.07) is 0. The Morgan fingerprint density at radius 1 is 1.60 bits per heavy atom. The molecule has 2 N–H and O–H groups in total. The summed E-state index contributed by atoms with van der Waals surface area (Å²) in [7, 11) is 3.52. The maximum Gasteiger partial charge on any atom is 0.224 e. The quantitative estimate of drug-likeness (QED) is 0.608. The molecular weight excluding hydrogens is 128 g/mol. The van der Waals surface area contributed by atoms with Crippen LogP contribution in [0.25, 0.3) is 0 Å². The molecule has 0 aliphatic heterocycles. The fourth-order valence-corrected chi connectivity index (χ4v) is 0.873. The molecule has 0 radical (unpaired) electrons. The van der Waals surface area contributed by atoms with E-state index in [-0.39, 0.29) is 14.7 Å². The molecule has 0 bridgehead atoms. The van der Waals surface area contributed by atoms with Crippen molar-refractivity contribution in [1.29, 1.82) is 0 Å². The first-order valence-electron chi connectivity index (χ1n) is 3.62. The monoisotopic (exact) mass is 148 g/mol. The van der Waals surface area contributed by atoms with Crippen molar-refractivity contribution in [3.05, 3.63) is 0 Å². The summed E-state index contributed by atoms with van der Waals surface area (Å²) >= 11 is 0. The number of nitrogens with one attached hydrogen (secondary N) is 2. The van der Waals surface area contributed by atoms with E-state index < -0.39 is 0 Å². The van der Waals surface area contributed by atoms with Crippen LogP contribution in [0.3, 0.4) is 0 Å². The standard InChI is InChI=1S/C7H16N2O.2H2/c1-4-6(5-8-2)7(10)9-3;;/h6,8H,4-5H2,1-3H3,(H,9,10);2*1H. The minimum absolute atomic E-state index is 0.